The van der Waals surface area contributed by atoms with Gasteiger partial charge in [-0.3, -0.25) is 0 Å². The molecule has 0 aliphatic heterocycles. The summed E-state index contributed by atoms with van der Waals surface area (Å²) in [5.74, 6) is -0.834. The van der Waals surface area contributed by atoms with E-state index in [2.05, 4.69) is 6.26 Å². The Morgan fingerprint density at radius 1 is 1.56 bits per heavy atom. The van der Waals surface area contributed by atoms with E-state index < -0.39 is 5.97 Å². The summed E-state index contributed by atoms with van der Waals surface area (Å²) in [7, 11) is 0. The van der Waals surface area contributed by atoms with Crippen LogP contribution in [0.3, 0.4) is 0 Å². The number of carboxylic acid groups (broad SMARTS) is 1. The Morgan fingerprint density at radius 2 is 2.25 bits per heavy atom. The monoisotopic (exact) mass is 239 g/mol. The number of carboxylic acids is 1. The molecule has 0 aromatic carbocycles. The molecule has 0 atom stereocenters. The Labute approximate surface area is 99.8 Å². The van der Waals surface area contributed by atoms with E-state index in [4.69, 9.17) is 5.11 Å². The molecule has 1 N–H and O–H groups in total. The summed E-state index contributed by atoms with van der Waals surface area (Å²) in [4.78, 5) is 11.0. The molecule has 1 fully saturated rings. The first-order valence-corrected chi connectivity index (χ1v) is 6.83. The van der Waals surface area contributed by atoms with Crippen molar-refractivity contribution in [2.75, 3.05) is 6.26 Å². The number of nitrogens with zero attached hydrogens (tertiary/aromatic N) is 1. The second-order valence-corrected chi connectivity index (χ2v) is 5.69. The number of carbonyl (C=O) groups is 1. The van der Waals surface area contributed by atoms with Crippen LogP contribution >= 0.6 is 11.8 Å². The summed E-state index contributed by atoms with van der Waals surface area (Å²) >= 11 is 1.88. The highest BCUT2D eigenvalue weighted by molar-refractivity contribution is 8.00. The largest absolute Gasteiger partial charge is 0.477 e. The molecule has 1 aliphatic carbocycles. The number of thioether (sulfide) groups is 1. The van der Waals surface area contributed by atoms with Crippen molar-refractivity contribution in [2.24, 2.45) is 0 Å². The molecule has 1 aromatic rings. The minimum absolute atomic E-state index is 0.253. The zero-order valence-corrected chi connectivity index (χ0v) is 10.3. The van der Waals surface area contributed by atoms with Gasteiger partial charge >= 0.3 is 5.97 Å². The molecular weight excluding hydrogens is 222 g/mol. The molecule has 0 bridgehead atoms. The van der Waals surface area contributed by atoms with Crippen molar-refractivity contribution < 1.29 is 9.90 Å². The Balaban J connectivity index is 2.19. The van der Waals surface area contributed by atoms with E-state index in [0.29, 0.717) is 5.69 Å². The maximum Gasteiger partial charge on any atom is 0.352 e. The summed E-state index contributed by atoms with van der Waals surface area (Å²) in [5.41, 5.74) is 0.403. The molecule has 0 spiro atoms. The van der Waals surface area contributed by atoms with E-state index in [1.807, 2.05) is 28.6 Å². The molecule has 1 heterocycles. The third kappa shape index (κ3) is 2.12. The standard InChI is InChI=1S/C12H17NO2S/c1-16-12(6-2-3-7-12)9-13-8-4-5-10(13)11(14)15/h4-5,8H,2-3,6-7,9H2,1H3,(H,14,15). The minimum atomic E-state index is -0.834. The van der Waals surface area contributed by atoms with Crippen LogP contribution in [0.5, 0.6) is 0 Å². The summed E-state index contributed by atoms with van der Waals surface area (Å²) in [5, 5.41) is 9.06. The average molecular weight is 239 g/mol. The Bertz CT molecular complexity index is 380. The molecule has 0 unspecified atom stereocenters. The number of aromatic carboxylic acids is 1. The van der Waals surface area contributed by atoms with Gasteiger partial charge in [0, 0.05) is 17.5 Å². The van der Waals surface area contributed by atoms with E-state index in [0.717, 1.165) is 6.54 Å². The summed E-state index contributed by atoms with van der Waals surface area (Å²) in [6.45, 7) is 0.822. The van der Waals surface area contributed by atoms with Gasteiger partial charge in [0.05, 0.1) is 0 Å². The minimum Gasteiger partial charge on any atom is -0.477 e. The fourth-order valence-corrected chi connectivity index (χ4v) is 3.47. The van der Waals surface area contributed by atoms with Crippen molar-refractivity contribution in [3.63, 3.8) is 0 Å². The molecule has 3 nitrogen and oxygen atoms in total. The number of hydrogen-bond acceptors (Lipinski definition) is 2. The van der Waals surface area contributed by atoms with Crippen LogP contribution in [0, 0.1) is 0 Å². The molecule has 0 saturated heterocycles. The lowest BCUT2D eigenvalue weighted by molar-refractivity contribution is 0.0684. The van der Waals surface area contributed by atoms with Crippen LogP contribution in [0.25, 0.3) is 0 Å². The molecule has 4 heteroatoms. The summed E-state index contributed by atoms with van der Waals surface area (Å²) < 4.78 is 2.13. The first kappa shape index (κ1) is 11.6. The highest BCUT2D eigenvalue weighted by Crippen LogP contribution is 2.41. The predicted molar refractivity (Wildman–Crippen MR) is 66.1 cm³/mol. The van der Waals surface area contributed by atoms with Crippen molar-refractivity contribution in [3.05, 3.63) is 24.0 Å². The van der Waals surface area contributed by atoms with Crippen LogP contribution in [-0.2, 0) is 6.54 Å². The van der Waals surface area contributed by atoms with Crippen molar-refractivity contribution in [2.45, 2.75) is 37.0 Å². The zero-order valence-electron chi connectivity index (χ0n) is 9.48. The topological polar surface area (TPSA) is 42.2 Å². The van der Waals surface area contributed by atoms with Crippen LogP contribution in [0.15, 0.2) is 18.3 Å². The lowest BCUT2D eigenvalue weighted by atomic mass is 10.1. The maximum atomic E-state index is 11.0. The third-order valence-electron chi connectivity index (χ3n) is 3.45. The highest BCUT2D eigenvalue weighted by atomic mass is 32.2. The van der Waals surface area contributed by atoms with E-state index in [9.17, 15) is 4.79 Å². The van der Waals surface area contributed by atoms with E-state index in [1.165, 1.54) is 25.7 Å². The van der Waals surface area contributed by atoms with E-state index >= 15 is 0 Å². The fraction of sp³-hybridized carbons (Fsp3) is 0.583. The van der Waals surface area contributed by atoms with Crippen molar-refractivity contribution in [3.8, 4) is 0 Å². The van der Waals surface area contributed by atoms with E-state index in [-0.39, 0.29) is 4.75 Å². The van der Waals surface area contributed by atoms with Crippen molar-refractivity contribution >= 4 is 17.7 Å². The van der Waals surface area contributed by atoms with Crippen LogP contribution in [-0.4, -0.2) is 26.6 Å². The van der Waals surface area contributed by atoms with Crippen LogP contribution in [0.2, 0.25) is 0 Å². The average Bonchev–Trinajstić information content (AvgIpc) is 2.88. The van der Waals surface area contributed by atoms with Gasteiger partial charge in [0.25, 0.3) is 0 Å². The third-order valence-corrected chi connectivity index (χ3v) is 4.86. The molecule has 16 heavy (non-hydrogen) atoms. The summed E-state index contributed by atoms with van der Waals surface area (Å²) in [6.07, 6.45) is 8.95. The van der Waals surface area contributed by atoms with Crippen LogP contribution in [0.1, 0.15) is 36.2 Å². The van der Waals surface area contributed by atoms with Gasteiger partial charge in [-0.2, -0.15) is 11.8 Å². The predicted octanol–water partition coefficient (Wildman–Crippen LogP) is 2.86. The van der Waals surface area contributed by atoms with Gasteiger partial charge in [-0.25, -0.2) is 4.79 Å². The van der Waals surface area contributed by atoms with Gasteiger partial charge in [0.1, 0.15) is 5.69 Å². The molecule has 88 valence electrons. The van der Waals surface area contributed by atoms with Crippen LogP contribution < -0.4 is 0 Å². The lowest BCUT2D eigenvalue weighted by Crippen LogP contribution is -2.28. The van der Waals surface area contributed by atoms with Gasteiger partial charge in [0.15, 0.2) is 0 Å². The second-order valence-electron chi connectivity index (χ2n) is 4.42. The molecular formula is C12H17NO2S. The second kappa shape index (κ2) is 4.53. The van der Waals surface area contributed by atoms with Crippen LogP contribution in [0.4, 0.5) is 0 Å². The van der Waals surface area contributed by atoms with Crippen molar-refractivity contribution in [1.29, 1.82) is 0 Å². The smallest absolute Gasteiger partial charge is 0.352 e. The zero-order chi connectivity index (χ0) is 11.6. The fourth-order valence-electron chi connectivity index (χ4n) is 2.50. The quantitative estimate of drug-likeness (QED) is 0.878. The molecule has 1 saturated carbocycles. The SMILES string of the molecule is CSC1(Cn2cccc2C(=O)O)CCCC1. The summed E-state index contributed by atoms with van der Waals surface area (Å²) in [6, 6.07) is 3.48. The molecule has 1 aromatic heterocycles. The van der Waals surface area contributed by atoms with Gasteiger partial charge in [-0.1, -0.05) is 12.8 Å². The highest BCUT2D eigenvalue weighted by Gasteiger charge is 2.33. The first-order chi connectivity index (χ1) is 7.67. The molecule has 2 rings (SSSR count). The normalized spacial score (nSPS) is 18.8. The lowest BCUT2D eigenvalue weighted by Gasteiger charge is -2.27. The van der Waals surface area contributed by atoms with E-state index in [1.54, 1.807) is 6.07 Å². The number of rotatable bonds is 4. The van der Waals surface area contributed by atoms with Gasteiger partial charge < -0.3 is 9.67 Å². The van der Waals surface area contributed by atoms with Gasteiger partial charge in [0.2, 0.25) is 0 Å². The number of hydrogen-bond donors (Lipinski definition) is 1. The van der Waals surface area contributed by atoms with Crippen molar-refractivity contribution in [1.82, 2.24) is 4.57 Å². The maximum absolute atomic E-state index is 11.0. The van der Waals surface area contributed by atoms with Gasteiger partial charge in [-0.15, -0.1) is 0 Å². The molecule has 1 aliphatic rings. The van der Waals surface area contributed by atoms with Gasteiger partial charge in [-0.05, 0) is 31.2 Å². The first-order valence-electron chi connectivity index (χ1n) is 5.60. The molecule has 0 amide bonds. The Hall–Kier alpha value is -0.900. The molecule has 0 radical (unpaired) electrons. The Kier molecular flexibility index (Phi) is 3.28. The number of aromatic nitrogens is 1. The Morgan fingerprint density at radius 3 is 2.81 bits per heavy atom.